The molecular weight excluding hydrogens is 364 g/mol. The molecule has 2 aliphatic heterocycles. The summed E-state index contributed by atoms with van der Waals surface area (Å²) in [7, 11) is 0. The van der Waals surface area contributed by atoms with Crippen molar-refractivity contribution in [2.45, 2.75) is 13.1 Å². The lowest BCUT2D eigenvalue weighted by Gasteiger charge is -2.25. The number of benzene rings is 1. The van der Waals surface area contributed by atoms with E-state index in [0.717, 1.165) is 16.0 Å². The summed E-state index contributed by atoms with van der Waals surface area (Å²) in [4.78, 5) is 43.1. The molecule has 0 aliphatic carbocycles. The quantitative estimate of drug-likeness (QED) is 0.745. The van der Waals surface area contributed by atoms with E-state index in [9.17, 15) is 14.4 Å². The second-order valence-corrected chi connectivity index (χ2v) is 6.44. The van der Waals surface area contributed by atoms with Gasteiger partial charge in [-0.25, -0.2) is 4.79 Å². The molecule has 0 radical (unpaired) electrons. The first-order valence-corrected chi connectivity index (χ1v) is 8.73. The van der Waals surface area contributed by atoms with Gasteiger partial charge in [0.2, 0.25) is 12.7 Å². The third-order valence-corrected chi connectivity index (χ3v) is 4.49. The molecule has 9 heteroatoms. The first-order chi connectivity index (χ1) is 13.6. The smallest absolute Gasteiger partial charge is 0.325 e. The number of carbonyl (C=O) groups excluding carboxylic acids is 3. The van der Waals surface area contributed by atoms with Crippen LogP contribution < -0.4 is 14.8 Å². The lowest BCUT2D eigenvalue weighted by molar-refractivity contribution is -0.137. The van der Waals surface area contributed by atoms with E-state index in [1.165, 1.54) is 0 Å². The number of rotatable bonds is 6. The molecule has 0 spiro atoms. The SMILES string of the molecule is O=C(CN1C(=O)CNC1=O)N(Cc1cccnc1)Cc1ccc2c(c1)OCO2. The van der Waals surface area contributed by atoms with Gasteiger partial charge in [-0.1, -0.05) is 12.1 Å². The molecule has 0 saturated carbocycles. The molecule has 2 aromatic rings. The Morgan fingerprint density at radius 1 is 1.14 bits per heavy atom. The van der Waals surface area contributed by atoms with Gasteiger partial charge in [-0.05, 0) is 29.3 Å². The van der Waals surface area contributed by atoms with Crippen molar-refractivity contribution in [1.29, 1.82) is 0 Å². The maximum atomic E-state index is 12.9. The van der Waals surface area contributed by atoms with Crippen LogP contribution in [0, 0.1) is 0 Å². The minimum Gasteiger partial charge on any atom is -0.454 e. The van der Waals surface area contributed by atoms with E-state index in [2.05, 4.69) is 10.3 Å². The number of hydrogen-bond acceptors (Lipinski definition) is 6. The van der Waals surface area contributed by atoms with Gasteiger partial charge in [-0.15, -0.1) is 0 Å². The molecule has 28 heavy (non-hydrogen) atoms. The van der Waals surface area contributed by atoms with Gasteiger partial charge >= 0.3 is 6.03 Å². The Morgan fingerprint density at radius 3 is 2.71 bits per heavy atom. The maximum absolute atomic E-state index is 12.9. The van der Waals surface area contributed by atoms with Gasteiger partial charge < -0.3 is 19.7 Å². The van der Waals surface area contributed by atoms with Crippen LogP contribution in [0.4, 0.5) is 4.79 Å². The minimum atomic E-state index is -0.553. The van der Waals surface area contributed by atoms with Crippen LogP contribution in [0.3, 0.4) is 0 Å². The van der Waals surface area contributed by atoms with Crippen molar-refractivity contribution in [1.82, 2.24) is 20.1 Å². The van der Waals surface area contributed by atoms with Crippen LogP contribution >= 0.6 is 0 Å². The molecule has 0 unspecified atom stereocenters. The molecule has 1 aromatic carbocycles. The summed E-state index contributed by atoms with van der Waals surface area (Å²) in [5.74, 6) is 0.531. The molecule has 3 heterocycles. The number of carbonyl (C=O) groups is 3. The van der Waals surface area contributed by atoms with Gasteiger partial charge in [0.25, 0.3) is 5.91 Å². The van der Waals surface area contributed by atoms with Crippen molar-refractivity contribution in [3.8, 4) is 11.5 Å². The molecule has 2 aliphatic rings. The number of nitrogens with one attached hydrogen (secondary N) is 1. The van der Waals surface area contributed by atoms with Crippen molar-refractivity contribution in [2.75, 3.05) is 19.9 Å². The summed E-state index contributed by atoms with van der Waals surface area (Å²) < 4.78 is 10.7. The molecule has 9 nitrogen and oxygen atoms in total. The monoisotopic (exact) mass is 382 g/mol. The molecule has 0 atom stereocenters. The molecule has 1 N–H and O–H groups in total. The zero-order valence-corrected chi connectivity index (χ0v) is 15.0. The molecular formula is C19H18N4O5. The van der Waals surface area contributed by atoms with Crippen LogP contribution in [0.5, 0.6) is 11.5 Å². The van der Waals surface area contributed by atoms with E-state index in [1.54, 1.807) is 29.4 Å². The highest BCUT2D eigenvalue weighted by Crippen LogP contribution is 2.33. The van der Waals surface area contributed by atoms with E-state index < -0.39 is 11.9 Å². The number of imide groups is 1. The molecule has 0 bridgehead atoms. The Morgan fingerprint density at radius 2 is 1.96 bits per heavy atom. The molecule has 144 valence electrons. The summed E-state index contributed by atoms with van der Waals surface area (Å²) in [5.41, 5.74) is 1.69. The van der Waals surface area contributed by atoms with Crippen LogP contribution in [-0.2, 0) is 22.7 Å². The van der Waals surface area contributed by atoms with Gasteiger partial charge in [0.15, 0.2) is 11.5 Å². The Balaban J connectivity index is 1.53. The average Bonchev–Trinajstić information content (AvgIpc) is 3.29. The zero-order valence-electron chi connectivity index (χ0n) is 15.0. The van der Waals surface area contributed by atoms with E-state index in [4.69, 9.17) is 9.47 Å². The predicted molar refractivity (Wildman–Crippen MR) is 96.2 cm³/mol. The van der Waals surface area contributed by atoms with Gasteiger partial charge in [-0.2, -0.15) is 0 Å². The van der Waals surface area contributed by atoms with Crippen LogP contribution in [0.1, 0.15) is 11.1 Å². The van der Waals surface area contributed by atoms with Crippen molar-refractivity contribution in [3.05, 3.63) is 53.9 Å². The summed E-state index contributed by atoms with van der Waals surface area (Å²) in [6.07, 6.45) is 3.33. The van der Waals surface area contributed by atoms with Crippen molar-refractivity contribution in [2.24, 2.45) is 0 Å². The molecule has 1 aromatic heterocycles. The number of hydrogen-bond donors (Lipinski definition) is 1. The number of pyridine rings is 1. The standard InChI is InChI=1S/C19H18N4O5/c24-17-8-21-19(26)23(17)11-18(25)22(10-14-2-1-5-20-7-14)9-13-3-4-15-16(6-13)28-12-27-15/h1-7H,8-12H2,(H,21,26). The van der Waals surface area contributed by atoms with Gasteiger partial charge in [0.05, 0.1) is 6.54 Å². The Bertz CT molecular complexity index is 902. The highest BCUT2D eigenvalue weighted by atomic mass is 16.7. The Hall–Kier alpha value is -3.62. The van der Waals surface area contributed by atoms with E-state index in [0.29, 0.717) is 18.0 Å². The normalized spacial score (nSPS) is 14.9. The van der Waals surface area contributed by atoms with Crippen molar-refractivity contribution < 1.29 is 23.9 Å². The Kier molecular flexibility index (Phi) is 4.79. The third kappa shape index (κ3) is 3.73. The van der Waals surface area contributed by atoms with Crippen molar-refractivity contribution in [3.63, 3.8) is 0 Å². The lowest BCUT2D eigenvalue weighted by Crippen LogP contribution is -2.42. The van der Waals surface area contributed by atoms with Crippen LogP contribution in [0.2, 0.25) is 0 Å². The number of amides is 4. The summed E-state index contributed by atoms with van der Waals surface area (Å²) >= 11 is 0. The number of urea groups is 1. The van der Waals surface area contributed by atoms with Gasteiger partial charge in [0, 0.05) is 25.5 Å². The fraction of sp³-hybridized carbons (Fsp3) is 0.263. The van der Waals surface area contributed by atoms with Gasteiger partial charge in [-0.3, -0.25) is 19.5 Å². The highest BCUT2D eigenvalue weighted by molar-refractivity contribution is 6.04. The van der Waals surface area contributed by atoms with E-state index in [1.807, 2.05) is 18.2 Å². The van der Waals surface area contributed by atoms with Gasteiger partial charge in [0.1, 0.15) is 6.54 Å². The van der Waals surface area contributed by atoms with E-state index in [-0.39, 0.29) is 32.3 Å². The molecule has 4 rings (SSSR count). The first kappa shape index (κ1) is 17.8. The topological polar surface area (TPSA) is 101 Å². The lowest BCUT2D eigenvalue weighted by atomic mass is 10.1. The predicted octanol–water partition coefficient (Wildman–Crippen LogP) is 0.891. The minimum absolute atomic E-state index is 0.0864. The first-order valence-electron chi connectivity index (χ1n) is 8.73. The molecule has 1 saturated heterocycles. The van der Waals surface area contributed by atoms with Crippen LogP contribution in [0.15, 0.2) is 42.7 Å². The summed E-state index contributed by atoms with van der Waals surface area (Å²) in [5, 5.41) is 2.42. The van der Waals surface area contributed by atoms with Crippen LogP contribution in [-0.4, -0.2) is 52.5 Å². The van der Waals surface area contributed by atoms with E-state index >= 15 is 0 Å². The third-order valence-electron chi connectivity index (χ3n) is 4.49. The molecule has 1 fully saturated rings. The average molecular weight is 382 g/mol. The Labute approximate surface area is 160 Å². The number of aromatic nitrogens is 1. The highest BCUT2D eigenvalue weighted by Gasteiger charge is 2.31. The molecule has 4 amide bonds. The van der Waals surface area contributed by atoms with Crippen LogP contribution in [0.25, 0.3) is 0 Å². The fourth-order valence-corrected chi connectivity index (χ4v) is 3.05. The second-order valence-electron chi connectivity index (χ2n) is 6.44. The zero-order chi connectivity index (χ0) is 19.5. The number of nitrogens with zero attached hydrogens (tertiary/aromatic N) is 3. The maximum Gasteiger partial charge on any atom is 0.325 e. The van der Waals surface area contributed by atoms with Crippen molar-refractivity contribution >= 4 is 17.8 Å². The second kappa shape index (κ2) is 7.55. The fourth-order valence-electron chi connectivity index (χ4n) is 3.05. The number of ether oxygens (including phenoxy) is 2. The summed E-state index contributed by atoms with van der Waals surface area (Å²) in [6.45, 7) is 0.356. The number of fused-ring (bicyclic) bond motifs is 1. The summed E-state index contributed by atoms with van der Waals surface area (Å²) in [6, 6.07) is 8.56. The largest absolute Gasteiger partial charge is 0.454 e.